The summed E-state index contributed by atoms with van der Waals surface area (Å²) in [7, 11) is 0. The Balaban J connectivity index is 1.50. The number of hydrogen-bond acceptors (Lipinski definition) is 5. The van der Waals surface area contributed by atoms with E-state index < -0.39 is 23.8 Å². The zero-order chi connectivity index (χ0) is 27.0. The minimum absolute atomic E-state index is 0.195. The van der Waals surface area contributed by atoms with Crippen LogP contribution in [0.25, 0.3) is 5.57 Å². The molecule has 3 aromatic rings. The van der Waals surface area contributed by atoms with Crippen LogP contribution < -0.4 is 10.2 Å². The lowest BCUT2D eigenvalue weighted by Gasteiger charge is -2.33. The molecule has 1 atom stereocenters. The zero-order valence-electron chi connectivity index (χ0n) is 20.2. The minimum Gasteiger partial charge on any atom is -0.393 e. The number of aliphatic hydroxyl groups excluding tert-OH is 2. The van der Waals surface area contributed by atoms with Crippen molar-refractivity contribution < 1.29 is 28.2 Å². The molecule has 0 radical (unpaired) electrons. The van der Waals surface area contributed by atoms with Crippen LogP contribution in [0.5, 0.6) is 0 Å². The molecule has 38 heavy (non-hydrogen) atoms. The van der Waals surface area contributed by atoms with Gasteiger partial charge in [0.1, 0.15) is 0 Å². The van der Waals surface area contributed by atoms with Crippen LogP contribution in [0, 0.1) is 0 Å². The van der Waals surface area contributed by atoms with Gasteiger partial charge in [-0.05, 0) is 65.8 Å². The van der Waals surface area contributed by atoms with Crippen molar-refractivity contribution in [3.8, 4) is 0 Å². The average Bonchev–Trinajstić information content (AvgIpc) is 2.88. The number of rotatable bonds is 4. The fourth-order valence-corrected chi connectivity index (χ4v) is 5.32. The number of aliphatic hydroxyl groups is 2. The van der Waals surface area contributed by atoms with Gasteiger partial charge < -0.3 is 20.4 Å². The van der Waals surface area contributed by atoms with Crippen LogP contribution in [0.15, 0.2) is 54.7 Å². The van der Waals surface area contributed by atoms with Crippen molar-refractivity contribution in [2.75, 3.05) is 16.8 Å². The van der Waals surface area contributed by atoms with Gasteiger partial charge in [0, 0.05) is 36.5 Å². The Morgan fingerprint density at radius 2 is 2.03 bits per heavy atom. The van der Waals surface area contributed by atoms with Gasteiger partial charge in [-0.2, -0.15) is 13.2 Å². The molecule has 5 rings (SSSR count). The van der Waals surface area contributed by atoms with Crippen LogP contribution in [-0.2, 0) is 30.4 Å². The predicted octanol–water partition coefficient (Wildman–Crippen LogP) is 5.66. The molecule has 1 aliphatic heterocycles. The van der Waals surface area contributed by atoms with Crippen LogP contribution in [0.1, 0.15) is 40.7 Å². The molecule has 198 valence electrons. The average molecular weight is 544 g/mol. The maximum absolute atomic E-state index is 13.6. The summed E-state index contributed by atoms with van der Waals surface area (Å²) in [6, 6.07) is 10.5. The monoisotopic (exact) mass is 543 g/mol. The molecule has 0 saturated carbocycles. The second kappa shape index (κ2) is 10.4. The molecule has 2 aliphatic rings. The number of halogens is 4. The third-order valence-electron chi connectivity index (χ3n) is 6.91. The van der Waals surface area contributed by atoms with Gasteiger partial charge in [0.05, 0.1) is 29.0 Å². The summed E-state index contributed by atoms with van der Waals surface area (Å²) in [4.78, 5) is 18.9. The maximum atomic E-state index is 13.6. The van der Waals surface area contributed by atoms with E-state index in [0.717, 1.165) is 29.7 Å². The third kappa shape index (κ3) is 5.27. The van der Waals surface area contributed by atoms with Crippen molar-refractivity contribution in [3.05, 3.63) is 87.6 Å². The van der Waals surface area contributed by atoms with Crippen LogP contribution >= 0.6 is 11.6 Å². The van der Waals surface area contributed by atoms with Gasteiger partial charge in [-0.1, -0.05) is 29.8 Å². The number of anilines is 3. The number of fused-ring (bicyclic) bond motifs is 2. The second-order valence-electron chi connectivity index (χ2n) is 9.44. The van der Waals surface area contributed by atoms with E-state index in [9.17, 15) is 28.2 Å². The standard InChI is InChI=1S/C28H25ClF3N3O3/c29-23-10-16(15-36)14-33-27(23)35-9-8-18(21-7-5-19(12-25(21)35)28(30,31)32)11-26(38)34-24-3-1-2-17-4-6-20(37)13-22(17)24/h1-3,5,7,10-12,14,20,36-37H,4,6,8-9,13,15H2,(H,34,38). The van der Waals surface area contributed by atoms with E-state index in [0.29, 0.717) is 41.6 Å². The van der Waals surface area contributed by atoms with Crippen molar-refractivity contribution in [2.45, 2.75) is 44.6 Å². The first-order valence-corrected chi connectivity index (χ1v) is 12.6. The lowest BCUT2D eigenvalue weighted by Crippen LogP contribution is -2.26. The number of aryl methyl sites for hydroxylation is 1. The lowest BCUT2D eigenvalue weighted by molar-refractivity contribution is -0.137. The highest BCUT2D eigenvalue weighted by Crippen LogP contribution is 2.43. The normalized spacial score (nSPS) is 18.2. The quantitative estimate of drug-likeness (QED) is 0.370. The number of aromatic nitrogens is 1. The summed E-state index contributed by atoms with van der Waals surface area (Å²) >= 11 is 6.38. The van der Waals surface area contributed by atoms with Gasteiger partial charge >= 0.3 is 6.18 Å². The molecule has 2 aromatic carbocycles. The third-order valence-corrected chi connectivity index (χ3v) is 7.18. The highest BCUT2D eigenvalue weighted by Gasteiger charge is 2.34. The Bertz CT molecular complexity index is 1420. The number of nitrogens with zero attached hydrogens (tertiary/aromatic N) is 2. The number of carbonyl (C=O) groups excluding carboxylic acids is 1. The van der Waals surface area contributed by atoms with Crippen molar-refractivity contribution in [1.82, 2.24) is 4.98 Å². The molecule has 1 unspecified atom stereocenters. The van der Waals surface area contributed by atoms with Crippen molar-refractivity contribution >= 4 is 40.3 Å². The molecule has 3 N–H and O–H groups in total. The maximum Gasteiger partial charge on any atom is 0.416 e. The first-order valence-electron chi connectivity index (χ1n) is 12.2. The molecule has 6 nitrogen and oxygen atoms in total. The van der Waals surface area contributed by atoms with Crippen LogP contribution in [0.4, 0.5) is 30.4 Å². The largest absolute Gasteiger partial charge is 0.416 e. The van der Waals surface area contributed by atoms with E-state index in [1.54, 1.807) is 11.0 Å². The fourth-order valence-electron chi connectivity index (χ4n) is 5.03. The Morgan fingerprint density at radius 3 is 2.76 bits per heavy atom. The summed E-state index contributed by atoms with van der Waals surface area (Å²) < 4.78 is 40.8. The Morgan fingerprint density at radius 1 is 1.21 bits per heavy atom. The zero-order valence-corrected chi connectivity index (χ0v) is 21.0. The van der Waals surface area contributed by atoms with E-state index in [1.165, 1.54) is 24.4 Å². The van der Waals surface area contributed by atoms with E-state index >= 15 is 0 Å². The number of hydrogen-bond donors (Lipinski definition) is 3. The van der Waals surface area contributed by atoms with Gasteiger partial charge in [-0.15, -0.1) is 0 Å². The Labute approximate surface area is 222 Å². The van der Waals surface area contributed by atoms with Crippen molar-refractivity contribution in [2.24, 2.45) is 0 Å². The smallest absolute Gasteiger partial charge is 0.393 e. The molecule has 0 fully saturated rings. The van der Waals surface area contributed by atoms with Gasteiger partial charge in [0.25, 0.3) is 0 Å². The number of alkyl halides is 3. The van der Waals surface area contributed by atoms with E-state index in [4.69, 9.17) is 11.6 Å². The molecule has 0 bridgehead atoms. The Kier molecular flexibility index (Phi) is 7.17. The molecule has 0 spiro atoms. The summed E-state index contributed by atoms with van der Waals surface area (Å²) in [5.74, 6) is -0.140. The minimum atomic E-state index is -4.56. The highest BCUT2D eigenvalue weighted by atomic mass is 35.5. The summed E-state index contributed by atoms with van der Waals surface area (Å²) in [6.45, 7) is -0.0288. The van der Waals surface area contributed by atoms with Gasteiger partial charge in [0.15, 0.2) is 5.82 Å². The molecule has 1 aromatic heterocycles. The second-order valence-corrected chi connectivity index (χ2v) is 9.84. The number of nitrogens with one attached hydrogen (secondary N) is 1. The molecule has 1 aliphatic carbocycles. The van der Waals surface area contributed by atoms with Crippen molar-refractivity contribution in [1.29, 1.82) is 0 Å². The molecule has 0 saturated heterocycles. The summed E-state index contributed by atoms with van der Waals surface area (Å²) in [6.07, 6.45) is 0.00112. The topological polar surface area (TPSA) is 85.7 Å². The van der Waals surface area contributed by atoms with E-state index in [1.807, 2.05) is 12.1 Å². The highest BCUT2D eigenvalue weighted by molar-refractivity contribution is 6.33. The van der Waals surface area contributed by atoms with E-state index in [-0.39, 0.29) is 29.7 Å². The summed E-state index contributed by atoms with van der Waals surface area (Å²) in [5.41, 5.74) is 3.53. The van der Waals surface area contributed by atoms with E-state index in [2.05, 4.69) is 10.3 Å². The number of benzene rings is 2. The molecular weight excluding hydrogens is 519 g/mol. The number of carbonyl (C=O) groups is 1. The van der Waals surface area contributed by atoms with Crippen LogP contribution in [0.2, 0.25) is 5.02 Å². The fraction of sp³-hybridized carbons (Fsp3) is 0.286. The Hall–Kier alpha value is -3.40. The SMILES string of the molecule is O=C(C=C1CCN(c2ncc(CO)cc2Cl)c2cc(C(F)(F)F)ccc21)Nc1cccc2c1CC(O)CC2. The summed E-state index contributed by atoms with van der Waals surface area (Å²) in [5, 5.41) is 22.5. The number of pyridine rings is 1. The van der Waals surface area contributed by atoms with Gasteiger partial charge in [-0.25, -0.2) is 4.98 Å². The first kappa shape index (κ1) is 26.2. The predicted molar refractivity (Wildman–Crippen MR) is 139 cm³/mol. The van der Waals surface area contributed by atoms with Gasteiger partial charge in [-0.3, -0.25) is 4.79 Å². The first-order chi connectivity index (χ1) is 18.1. The van der Waals surface area contributed by atoms with Crippen LogP contribution in [-0.4, -0.2) is 33.8 Å². The molecular formula is C28H25ClF3N3O3. The molecule has 1 amide bonds. The lowest BCUT2D eigenvalue weighted by atomic mass is 9.88. The molecule has 10 heteroatoms. The van der Waals surface area contributed by atoms with Gasteiger partial charge in [0.2, 0.25) is 5.91 Å². The van der Waals surface area contributed by atoms with Crippen molar-refractivity contribution in [3.63, 3.8) is 0 Å². The van der Waals surface area contributed by atoms with Crippen LogP contribution in [0.3, 0.4) is 0 Å². The molecule has 2 heterocycles. The number of amides is 1.